The number of imidazole rings is 1. The molecule has 0 saturated heterocycles. The maximum Gasteiger partial charge on any atom is 0.244 e. The summed E-state index contributed by atoms with van der Waals surface area (Å²) < 4.78 is 1.18. The van der Waals surface area contributed by atoms with E-state index < -0.39 is 5.91 Å². The van der Waals surface area contributed by atoms with Crippen molar-refractivity contribution in [1.82, 2.24) is 9.55 Å². The second kappa shape index (κ2) is 6.17. The van der Waals surface area contributed by atoms with E-state index in [-0.39, 0.29) is 23.9 Å². The molecule has 1 amide bonds. The van der Waals surface area contributed by atoms with Gasteiger partial charge in [-0.25, -0.2) is 4.98 Å². The van der Waals surface area contributed by atoms with Crippen molar-refractivity contribution < 1.29 is 4.79 Å². The van der Waals surface area contributed by atoms with Crippen LogP contribution in [-0.4, -0.2) is 15.5 Å². The largest absolute Gasteiger partial charge is 0.369 e. The Morgan fingerprint density at radius 3 is 2.77 bits per heavy atom. The molecule has 1 aromatic carbocycles. The second-order valence-corrected chi connectivity index (χ2v) is 4.92. The number of hydrogen-bond acceptors (Lipinski definition) is 5. The maximum atomic E-state index is 12.1. The SMILES string of the molecule is Cc1ccc(NC(=O)Cn2c(N)nc(C#N)c2C#N)c(Cl)c1. The van der Waals surface area contributed by atoms with Gasteiger partial charge in [0.2, 0.25) is 11.9 Å². The lowest BCUT2D eigenvalue weighted by molar-refractivity contribution is -0.116. The van der Waals surface area contributed by atoms with E-state index in [2.05, 4.69) is 10.3 Å². The average Bonchev–Trinajstić information content (AvgIpc) is 2.77. The summed E-state index contributed by atoms with van der Waals surface area (Å²) in [6.07, 6.45) is 0. The highest BCUT2D eigenvalue weighted by atomic mass is 35.5. The van der Waals surface area contributed by atoms with Crippen molar-refractivity contribution in [2.45, 2.75) is 13.5 Å². The van der Waals surface area contributed by atoms with Crippen LogP contribution in [0, 0.1) is 29.6 Å². The Kier molecular flexibility index (Phi) is 4.31. The predicted molar refractivity (Wildman–Crippen MR) is 80.9 cm³/mol. The fourth-order valence-corrected chi connectivity index (χ4v) is 2.16. The number of halogens is 1. The molecule has 0 aliphatic carbocycles. The first kappa shape index (κ1) is 15.4. The summed E-state index contributed by atoms with van der Waals surface area (Å²) in [4.78, 5) is 15.8. The summed E-state index contributed by atoms with van der Waals surface area (Å²) in [6, 6.07) is 8.78. The molecule has 0 radical (unpaired) electrons. The van der Waals surface area contributed by atoms with Crippen LogP contribution in [0.4, 0.5) is 11.6 Å². The lowest BCUT2D eigenvalue weighted by Gasteiger charge is -2.09. The molecule has 0 bridgehead atoms. The number of nitrogens with two attached hydrogens (primary N) is 1. The van der Waals surface area contributed by atoms with E-state index >= 15 is 0 Å². The molecule has 0 unspecified atom stereocenters. The summed E-state index contributed by atoms with van der Waals surface area (Å²) in [5.41, 5.74) is 6.89. The van der Waals surface area contributed by atoms with Crippen LogP contribution in [0.5, 0.6) is 0 Å². The average molecular weight is 315 g/mol. The first-order valence-corrected chi connectivity index (χ1v) is 6.56. The van der Waals surface area contributed by atoms with Crippen LogP contribution in [0.15, 0.2) is 18.2 Å². The fraction of sp³-hybridized carbons (Fsp3) is 0.143. The third-order valence-corrected chi connectivity index (χ3v) is 3.22. The molecular weight excluding hydrogens is 304 g/mol. The van der Waals surface area contributed by atoms with Crippen molar-refractivity contribution in [2.75, 3.05) is 11.1 Å². The van der Waals surface area contributed by atoms with Crippen molar-refractivity contribution in [1.29, 1.82) is 10.5 Å². The molecule has 22 heavy (non-hydrogen) atoms. The molecule has 2 aromatic rings. The van der Waals surface area contributed by atoms with Gasteiger partial charge in [0.05, 0.1) is 10.7 Å². The molecule has 8 heteroatoms. The van der Waals surface area contributed by atoms with Gasteiger partial charge in [0.15, 0.2) is 11.4 Å². The molecule has 3 N–H and O–H groups in total. The summed E-state index contributed by atoms with van der Waals surface area (Å²) >= 11 is 6.04. The maximum absolute atomic E-state index is 12.1. The van der Waals surface area contributed by atoms with Crippen LogP contribution in [0.25, 0.3) is 0 Å². The van der Waals surface area contributed by atoms with Gasteiger partial charge in [0.1, 0.15) is 18.7 Å². The van der Waals surface area contributed by atoms with Crippen molar-refractivity contribution in [2.24, 2.45) is 0 Å². The molecule has 0 aliphatic rings. The zero-order valence-electron chi connectivity index (χ0n) is 11.6. The number of aryl methyl sites for hydroxylation is 1. The van der Waals surface area contributed by atoms with Crippen LogP contribution in [0.2, 0.25) is 5.02 Å². The molecule has 0 saturated carbocycles. The Labute approximate surface area is 131 Å². The van der Waals surface area contributed by atoms with Gasteiger partial charge in [-0.2, -0.15) is 10.5 Å². The van der Waals surface area contributed by atoms with Crippen LogP contribution >= 0.6 is 11.6 Å². The summed E-state index contributed by atoms with van der Waals surface area (Å²) in [5, 5.41) is 21.0. The summed E-state index contributed by atoms with van der Waals surface area (Å²) in [6.45, 7) is 1.64. The summed E-state index contributed by atoms with van der Waals surface area (Å²) in [5.74, 6) is -0.505. The number of nitrogen functional groups attached to an aromatic ring is 1. The van der Waals surface area contributed by atoms with E-state index in [1.165, 1.54) is 4.57 Å². The number of hydrogen-bond donors (Lipinski definition) is 2. The van der Waals surface area contributed by atoms with Gasteiger partial charge in [-0.05, 0) is 24.6 Å². The minimum absolute atomic E-state index is 0.0508. The Hall–Kier alpha value is -3.03. The number of nitrogens with one attached hydrogen (secondary N) is 1. The lowest BCUT2D eigenvalue weighted by Crippen LogP contribution is -2.21. The van der Waals surface area contributed by atoms with Crippen molar-refractivity contribution >= 4 is 29.1 Å². The Balaban J connectivity index is 2.22. The van der Waals surface area contributed by atoms with Gasteiger partial charge >= 0.3 is 0 Å². The molecule has 2 rings (SSSR count). The predicted octanol–water partition coefficient (Wildman–Crippen LogP) is 1.81. The van der Waals surface area contributed by atoms with Crippen LogP contribution in [0.1, 0.15) is 17.0 Å². The van der Waals surface area contributed by atoms with Crippen molar-refractivity contribution in [3.05, 3.63) is 40.2 Å². The van der Waals surface area contributed by atoms with Crippen molar-refractivity contribution in [3.63, 3.8) is 0 Å². The molecule has 7 nitrogen and oxygen atoms in total. The van der Waals surface area contributed by atoms with Gasteiger partial charge in [0, 0.05) is 0 Å². The highest BCUT2D eigenvalue weighted by Gasteiger charge is 2.17. The minimum Gasteiger partial charge on any atom is -0.369 e. The third-order valence-electron chi connectivity index (χ3n) is 2.91. The zero-order valence-corrected chi connectivity index (χ0v) is 12.3. The molecule has 110 valence electrons. The highest BCUT2D eigenvalue weighted by Crippen LogP contribution is 2.23. The first-order chi connectivity index (χ1) is 10.5. The quantitative estimate of drug-likeness (QED) is 0.895. The van der Waals surface area contributed by atoms with Crippen LogP contribution in [0.3, 0.4) is 0 Å². The molecule has 0 spiro atoms. The Bertz CT molecular complexity index is 827. The van der Waals surface area contributed by atoms with Gasteiger partial charge in [-0.3, -0.25) is 9.36 Å². The van der Waals surface area contributed by atoms with Gasteiger partial charge in [-0.1, -0.05) is 17.7 Å². The number of nitriles is 2. The molecule has 1 aromatic heterocycles. The molecule has 0 atom stereocenters. The Morgan fingerprint density at radius 1 is 1.45 bits per heavy atom. The van der Waals surface area contributed by atoms with Gasteiger partial charge in [-0.15, -0.1) is 0 Å². The smallest absolute Gasteiger partial charge is 0.244 e. The fourth-order valence-electron chi connectivity index (χ4n) is 1.88. The van der Waals surface area contributed by atoms with E-state index in [4.69, 9.17) is 27.9 Å². The van der Waals surface area contributed by atoms with E-state index in [1.807, 2.05) is 19.1 Å². The minimum atomic E-state index is -0.434. The standard InChI is InChI=1S/C14H11ClN6O/c1-8-2-3-10(9(15)4-8)19-13(22)7-21-12(6-17)11(5-16)20-14(21)18/h2-4H,7H2,1H3,(H2,18,20)(H,19,22). The number of anilines is 2. The number of aromatic nitrogens is 2. The number of carbonyl (C=O) groups excluding carboxylic acids is 1. The number of rotatable bonds is 3. The van der Waals surface area contributed by atoms with Crippen LogP contribution in [-0.2, 0) is 11.3 Å². The monoisotopic (exact) mass is 314 g/mol. The van der Waals surface area contributed by atoms with E-state index in [9.17, 15) is 4.79 Å². The Morgan fingerprint density at radius 2 is 2.18 bits per heavy atom. The molecule has 1 heterocycles. The topological polar surface area (TPSA) is 121 Å². The highest BCUT2D eigenvalue weighted by molar-refractivity contribution is 6.33. The van der Waals surface area contributed by atoms with Crippen LogP contribution < -0.4 is 11.1 Å². The number of amides is 1. The van der Waals surface area contributed by atoms with Gasteiger partial charge in [0.25, 0.3) is 0 Å². The van der Waals surface area contributed by atoms with Gasteiger partial charge < -0.3 is 11.1 Å². The summed E-state index contributed by atoms with van der Waals surface area (Å²) in [7, 11) is 0. The van der Waals surface area contributed by atoms with Crippen molar-refractivity contribution in [3.8, 4) is 12.1 Å². The zero-order chi connectivity index (χ0) is 16.3. The third kappa shape index (κ3) is 3.00. The number of carbonyl (C=O) groups is 1. The lowest BCUT2D eigenvalue weighted by atomic mass is 10.2. The molecular formula is C14H11ClN6O. The number of benzene rings is 1. The van der Waals surface area contributed by atoms with E-state index in [1.54, 1.807) is 18.2 Å². The second-order valence-electron chi connectivity index (χ2n) is 4.51. The van der Waals surface area contributed by atoms with E-state index in [0.717, 1.165) is 5.56 Å². The van der Waals surface area contributed by atoms with E-state index in [0.29, 0.717) is 10.7 Å². The number of nitrogens with zero attached hydrogens (tertiary/aromatic N) is 4. The molecule has 0 aliphatic heterocycles. The normalized spacial score (nSPS) is 9.82. The molecule has 0 fully saturated rings. The first-order valence-electron chi connectivity index (χ1n) is 6.18.